The largest absolute Gasteiger partial charge is 0.412 e. The van der Waals surface area contributed by atoms with Gasteiger partial charge in [-0.25, -0.2) is 19.6 Å². The van der Waals surface area contributed by atoms with Crippen molar-refractivity contribution in [2.45, 2.75) is 144 Å². The van der Waals surface area contributed by atoms with Gasteiger partial charge in [0.05, 0.1) is 25.3 Å². The molecule has 6 aromatic carbocycles. The Morgan fingerprint density at radius 3 is 1.19 bits per heavy atom. The first-order chi connectivity index (χ1) is 44.1. The van der Waals surface area contributed by atoms with Crippen molar-refractivity contribution in [3.05, 3.63) is 170 Å². The summed E-state index contributed by atoms with van der Waals surface area (Å²) in [5.74, 6) is 2.84. The first-order valence-electron chi connectivity index (χ1n) is 32.6. The number of halogens is 2. The minimum Gasteiger partial charge on any atom is -0.410 e. The van der Waals surface area contributed by atoms with Gasteiger partial charge in [-0.05, 0) is 108 Å². The first-order valence-corrected chi connectivity index (χ1v) is 45.2. The van der Waals surface area contributed by atoms with Crippen LogP contribution in [0.3, 0.4) is 0 Å². The van der Waals surface area contributed by atoms with Crippen LogP contribution in [0.1, 0.15) is 118 Å². The molecular formula is C71H96I2N6O6P2Si2. The summed E-state index contributed by atoms with van der Waals surface area (Å²) in [6, 6.07) is 58.0. The summed E-state index contributed by atoms with van der Waals surface area (Å²) >= 11 is 4.21. The number of hydrogen-bond acceptors (Lipinski definition) is 8. The fourth-order valence-corrected chi connectivity index (χ4v) is 12.8. The van der Waals surface area contributed by atoms with Gasteiger partial charge in [0.2, 0.25) is 0 Å². The lowest BCUT2D eigenvalue weighted by Gasteiger charge is -2.25. The van der Waals surface area contributed by atoms with E-state index in [2.05, 4.69) is 193 Å². The van der Waals surface area contributed by atoms with E-state index in [1.807, 2.05) is 88.1 Å². The lowest BCUT2D eigenvalue weighted by atomic mass is 10.0. The smallest absolute Gasteiger partial charge is 0.410 e. The van der Waals surface area contributed by atoms with Crippen molar-refractivity contribution < 1.29 is 27.9 Å². The van der Waals surface area contributed by atoms with Crippen molar-refractivity contribution in [3.8, 4) is 79.3 Å². The van der Waals surface area contributed by atoms with Crippen molar-refractivity contribution in [1.82, 2.24) is 29.7 Å². The third-order valence-corrected chi connectivity index (χ3v) is 17.6. The van der Waals surface area contributed by atoms with Crippen molar-refractivity contribution in [2.24, 2.45) is 0 Å². The van der Waals surface area contributed by atoms with Crippen LogP contribution in [-0.2, 0) is 21.9 Å². The third-order valence-electron chi connectivity index (χ3n) is 14.5. The Balaban J connectivity index is 0.000000301. The Hall–Kier alpha value is -5.05. The van der Waals surface area contributed by atoms with Crippen LogP contribution in [0.25, 0.3) is 67.8 Å². The van der Waals surface area contributed by atoms with Gasteiger partial charge in [0.15, 0.2) is 0 Å². The summed E-state index contributed by atoms with van der Waals surface area (Å²) in [6.45, 7) is 18.4. The molecule has 0 fully saturated rings. The molecule has 0 aliphatic carbocycles. The SMILES string of the molecule is CCCCCCCCn1c(-c2ccc(OC(=O)NCC)cc2)nc(-c2ccccc2)c1-c1ccccc1.CCCCCCCCn1c(-c2ccc(OC(=O)NCCC[Si](C)(OCC)OCC)cc2)nc(-c2ccccc2)c1-c1ccccc1.[3H]P(C)I.[3H]P([SiH3])I. The molecule has 8 rings (SSSR count). The number of benzene rings is 6. The number of carbonyl (C=O) groups excluding carboxylic acids is 2. The number of aromatic nitrogens is 4. The maximum atomic E-state index is 12.6. The molecule has 8 aromatic rings. The van der Waals surface area contributed by atoms with Gasteiger partial charge >= 0.3 is 20.7 Å². The van der Waals surface area contributed by atoms with Crippen LogP contribution < -0.4 is 20.1 Å². The molecule has 2 aromatic heterocycles. The number of carbonyl (C=O) groups is 2. The van der Waals surface area contributed by atoms with E-state index in [1.165, 1.54) is 64.2 Å². The average molecular weight is 1510 g/mol. The molecule has 18 heteroatoms. The number of hydrogen-bond donors (Lipinski definition) is 2. The Bertz CT molecular complexity index is 3270. The molecule has 0 saturated carbocycles. The molecule has 2 N–H and O–H groups in total. The average Bonchev–Trinajstić information content (AvgIpc) is 1.65. The van der Waals surface area contributed by atoms with Crippen molar-refractivity contribution in [2.75, 3.05) is 33.0 Å². The zero-order chi connectivity index (χ0) is 65.6. The summed E-state index contributed by atoms with van der Waals surface area (Å²) in [4.78, 5) is 34.9. The molecule has 12 nitrogen and oxygen atoms in total. The first kappa shape index (κ1) is 71.4. The van der Waals surface area contributed by atoms with Crippen molar-refractivity contribution >= 4 is 86.6 Å². The topological polar surface area (TPSA) is 131 Å². The summed E-state index contributed by atoms with van der Waals surface area (Å²) in [5.41, 5.74) is 10.4. The summed E-state index contributed by atoms with van der Waals surface area (Å²) < 4.78 is 40.9. The molecule has 89 heavy (non-hydrogen) atoms. The van der Waals surface area contributed by atoms with E-state index in [-0.39, 0.29) is 5.72 Å². The number of nitrogens with one attached hydrogen (secondary N) is 2. The van der Waals surface area contributed by atoms with Gasteiger partial charge in [0.1, 0.15) is 23.1 Å². The number of imidazole rings is 2. The highest BCUT2D eigenvalue weighted by atomic mass is 127. The molecule has 0 spiro atoms. The molecule has 0 aliphatic heterocycles. The van der Waals surface area contributed by atoms with E-state index in [4.69, 9.17) is 30.9 Å². The normalized spacial score (nSPS) is 11.9. The standard InChI is InChI=1S/C38H51N3O4Si.C32H37N3O2.CH4IP.H4IPSi/c1-5-8-9-10-11-18-29-41-36(32-22-16-13-17-23-32)35(31-20-14-12-15-21-31)40-37(41)33-24-26-34(27-25-33)45-38(42)39-28-19-30-46(4,43-6-2)44-7-3;1-3-5-6-7-8-15-24-35-30(26-18-13-10-14-19-26)29(25-16-11-9-12-17-25)34-31(35)27-20-22-28(23-21-27)37-32(36)33-4-2;1-3-2;1-2-3/h12-17,20-27H,5-11,18-19,28-30H2,1-4H3,(H,39,42);9-14,16-23H,3-8,15,24H2,1-2H3,(H,33,36);3H,1H3;2H,3H3/i;;3T;2T. The zero-order valence-corrected chi connectivity index (χ0v) is 62.8. The molecule has 478 valence electrons. The van der Waals surface area contributed by atoms with Crippen LogP contribution >= 0.6 is 56.0 Å². The van der Waals surface area contributed by atoms with Crippen molar-refractivity contribution in [1.29, 1.82) is 2.56 Å². The summed E-state index contributed by atoms with van der Waals surface area (Å²) in [6.07, 6.45) is 14.2. The Kier molecular flexibility index (Phi) is 35.0. The Morgan fingerprint density at radius 1 is 0.506 bits per heavy atom. The monoisotopic (exact) mass is 1500 g/mol. The molecule has 0 saturated heterocycles. The number of amides is 2. The van der Waals surface area contributed by atoms with Gasteiger partial charge in [-0.1, -0.05) is 255 Å². The number of rotatable bonds is 31. The van der Waals surface area contributed by atoms with E-state index in [0.717, 1.165) is 116 Å². The predicted octanol–water partition coefficient (Wildman–Crippen LogP) is 20.2. The van der Waals surface area contributed by atoms with Crippen LogP contribution in [0.15, 0.2) is 170 Å². The fourth-order valence-electron chi connectivity index (χ4n) is 10.4. The predicted molar refractivity (Wildman–Crippen MR) is 402 cm³/mol. The van der Waals surface area contributed by atoms with Gasteiger partial charge in [0, 0.05) is 82.7 Å². The molecular weight excluding hydrogens is 1400 g/mol. The Morgan fingerprint density at radius 2 is 0.843 bits per heavy atom. The quantitative estimate of drug-likeness (QED) is 0.0190. The van der Waals surface area contributed by atoms with E-state index in [0.29, 0.717) is 37.8 Å². The van der Waals surface area contributed by atoms with Gasteiger partial charge in [-0.15, -0.1) is 0 Å². The lowest BCUT2D eigenvalue weighted by molar-refractivity contribution is 0.186. The van der Waals surface area contributed by atoms with E-state index in [1.54, 1.807) is 0 Å². The molecule has 0 aliphatic rings. The van der Waals surface area contributed by atoms with E-state index < -0.39 is 26.9 Å². The zero-order valence-electron chi connectivity index (χ0n) is 55.7. The minimum atomic E-state index is -2.20. The highest BCUT2D eigenvalue weighted by Gasteiger charge is 2.30. The highest BCUT2D eigenvalue weighted by Crippen LogP contribution is 2.39. The van der Waals surface area contributed by atoms with Crippen LogP contribution in [0.5, 0.6) is 11.5 Å². The number of ether oxygens (including phenoxy) is 2. The second kappa shape index (κ2) is 43.7. The maximum Gasteiger partial charge on any atom is 0.412 e. The molecule has 2 atom stereocenters. The lowest BCUT2D eigenvalue weighted by Crippen LogP contribution is -2.39. The van der Waals surface area contributed by atoms with Gasteiger partial charge < -0.3 is 38.1 Å². The van der Waals surface area contributed by atoms with Crippen LogP contribution in [0, 0.1) is 0 Å². The number of nitrogens with zero attached hydrogens (tertiary/aromatic N) is 4. The van der Waals surface area contributed by atoms with Crippen LogP contribution in [0.4, 0.5) is 9.59 Å². The molecule has 0 radical (unpaired) electrons. The molecule has 2 amide bonds. The molecule has 0 bridgehead atoms. The summed E-state index contributed by atoms with van der Waals surface area (Å²) in [5, 5.41) is 5.53. The highest BCUT2D eigenvalue weighted by molar-refractivity contribution is 14.2. The van der Waals surface area contributed by atoms with Crippen LogP contribution in [-0.4, -0.2) is 85.3 Å². The Labute approximate surface area is 568 Å². The molecule has 2 heterocycles. The fraction of sp³-hybridized carbons (Fsp3) is 0.380. The second-order valence-electron chi connectivity index (χ2n) is 21.3. The third kappa shape index (κ3) is 25.5. The maximum absolute atomic E-state index is 12.6. The van der Waals surface area contributed by atoms with Crippen LogP contribution in [0.2, 0.25) is 12.6 Å². The van der Waals surface area contributed by atoms with Gasteiger partial charge in [-0.2, -0.15) is 0 Å². The van der Waals surface area contributed by atoms with E-state index >= 15 is 0 Å². The minimum absolute atomic E-state index is 0.261. The van der Waals surface area contributed by atoms with Crippen molar-refractivity contribution in [3.63, 3.8) is 0 Å². The summed E-state index contributed by atoms with van der Waals surface area (Å²) in [7, 11) is -1.13. The number of unbranched alkanes of at least 4 members (excludes halogenated alkanes) is 10. The van der Waals surface area contributed by atoms with Gasteiger partial charge in [-0.3, -0.25) is 0 Å². The van der Waals surface area contributed by atoms with Gasteiger partial charge in [0.25, 0.3) is 0 Å². The van der Waals surface area contributed by atoms with E-state index in [9.17, 15) is 9.59 Å². The second-order valence-corrected chi connectivity index (χ2v) is 37.9. The molecule has 2 unspecified atom stereocenters.